The van der Waals surface area contributed by atoms with E-state index in [1.165, 1.54) is 0 Å². The zero-order chi connectivity index (χ0) is 7.94. The Hall–Kier alpha value is -0.530. The Morgan fingerprint density at radius 2 is 2.20 bits per heavy atom. The molecule has 0 aromatic rings. The SMILES string of the molecule is CC(C)[C@@H]1C[C@@]1(C)C(N)=O. The Morgan fingerprint density at radius 3 is 2.30 bits per heavy atom. The van der Waals surface area contributed by atoms with Gasteiger partial charge in [-0.2, -0.15) is 0 Å². The Morgan fingerprint density at radius 1 is 1.70 bits per heavy atom. The lowest BCUT2D eigenvalue weighted by molar-refractivity contribution is -0.123. The van der Waals surface area contributed by atoms with Crippen LogP contribution in [0.1, 0.15) is 27.2 Å². The second-order valence-electron chi connectivity index (χ2n) is 3.84. The van der Waals surface area contributed by atoms with Gasteiger partial charge in [-0.3, -0.25) is 4.79 Å². The summed E-state index contributed by atoms with van der Waals surface area (Å²) in [6.07, 6.45) is 0.986. The van der Waals surface area contributed by atoms with E-state index >= 15 is 0 Å². The molecule has 0 bridgehead atoms. The summed E-state index contributed by atoms with van der Waals surface area (Å²) in [5.41, 5.74) is 5.05. The molecule has 0 radical (unpaired) electrons. The highest BCUT2D eigenvalue weighted by Crippen LogP contribution is 2.55. The maximum absolute atomic E-state index is 10.8. The molecule has 2 atom stereocenters. The first-order valence-corrected chi connectivity index (χ1v) is 3.78. The molecule has 1 saturated carbocycles. The van der Waals surface area contributed by atoms with Gasteiger partial charge in [0, 0.05) is 5.41 Å². The van der Waals surface area contributed by atoms with E-state index in [1.807, 2.05) is 6.92 Å². The average molecular weight is 141 g/mol. The second kappa shape index (κ2) is 1.97. The van der Waals surface area contributed by atoms with Gasteiger partial charge in [0.15, 0.2) is 0 Å². The van der Waals surface area contributed by atoms with E-state index in [1.54, 1.807) is 0 Å². The van der Waals surface area contributed by atoms with Crippen LogP contribution >= 0.6 is 0 Å². The van der Waals surface area contributed by atoms with Crippen LogP contribution in [0.25, 0.3) is 0 Å². The predicted molar refractivity (Wildman–Crippen MR) is 40.2 cm³/mol. The molecule has 1 rings (SSSR count). The van der Waals surface area contributed by atoms with Gasteiger partial charge in [-0.1, -0.05) is 20.8 Å². The number of hydrogen-bond acceptors (Lipinski definition) is 1. The van der Waals surface area contributed by atoms with Gasteiger partial charge in [-0.05, 0) is 18.3 Å². The molecular weight excluding hydrogens is 126 g/mol. The molecule has 0 aromatic carbocycles. The van der Waals surface area contributed by atoms with E-state index in [4.69, 9.17) is 5.73 Å². The number of rotatable bonds is 2. The quantitative estimate of drug-likeness (QED) is 0.616. The molecule has 0 spiro atoms. The topological polar surface area (TPSA) is 43.1 Å². The highest BCUT2D eigenvalue weighted by atomic mass is 16.1. The summed E-state index contributed by atoms with van der Waals surface area (Å²) in [7, 11) is 0. The first-order valence-electron chi connectivity index (χ1n) is 3.78. The largest absolute Gasteiger partial charge is 0.369 e. The molecule has 0 unspecified atom stereocenters. The second-order valence-corrected chi connectivity index (χ2v) is 3.84. The Kier molecular flexibility index (Phi) is 1.50. The van der Waals surface area contributed by atoms with Crippen molar-refractivity contribution >= 4 is 5.91 Å². The van der Waals surface area contributed by atoms with E-state index in [0.29, 0.717) is 11.8 Å². The third-order valence-corrected chi connectivity index (χ3v) is 2.67. The molecule has 0 aromatic heterocycles. The van der Waals surface area contributed by atoms with Gasteiger partial charge in [0.1, 0.15) is 0 Å². The molecule has 2 heteroatoms. The van der Waals surface area contributed by atoms with Crippen LogP contribution in [-0.4, -0.2) is 5.91 Å². The average Bonchev–Trinajstić information content (AvgIpc) is 2.43. The number of primary amides is 1. The van der Waals surface area contributed by atoms with E-state index in [-0.39, 0.29) is 11.3 Å². The highest BCUT2D eigenvalue weighted by Gasteiger charge is 2.55. The van der Waals surface area contributed by atoms with Gasteiger partial charge >= 0.3 is 0 Å². The first kappa shape index (κ1) is 7.58. The van der Waals surface area contributed by atoms with Crippen molar-refractivity contribution in [3.8, 4) is 0 Å². The van der Waals surface area contributed by atoms with Crippen molar-refractivity contribution in [2.75, 3.05) is 0 Å². The van der Waals surface area contributed by atoms with E-state index in [9.17, 15) is 4.79 Å². The van der Waals surface area contributed by atoms with E-state index in [0.717, 1.165) is 6.42 Å². The summed E-state index contributed by atoms with van der Waals surface area (Å²) >= 11 is 0. The van der Waals surface area contributed by atoms with Gasteiger partial charge < -0.3 is 5.73 Å². The number of amides is 1. The lowest BCUT2D eigenvalue weighted by atomic mass is 9.99. The minimum absolute atomic E-state index is 0.133. The maximum atomic E-state index is 10.8. The van der Waals surface area contributed by atoms with Crippen LogP contribution in [-0.2, 0) is 4.79 Å². The van der Waals surface area contributed by atoms with Crippen molar-refractivity contribution in [3.05, 3.63) is 0 Å². The van der Waals surface area contributed by atoms with Crippen LogP contribution in [0.5, 0.6) is 0 Å². The third kappa shape index (κ3) is 0.917. The fraction of sp³-hybridized carbons (Fsp3) is 0.875. The normalized spacial score (nSPS) is 38.2. The zero-order valence-electron chi connectivity index (χ0n) is 6.85. The van der Waals surface area contributed by atoms with Crippen molar-refractivity contribution in [1.82, 2.24) is 0 Å². The summed E-state index contributed by atoms with van der Waals surface area (Å²) in [6.45, 7) is 6.23. The van der Waals surface area contributed by atoms with Gasteiger partial charge in [0.05, 0.1) is 0 Å². The van der Waals surface area contributed by atoms with Crippen molar-refractivity contribution in [2.45, 2.75) is 27.2 Å². The Labute approximate surface area is 61.8 Å². The summed E-state index contributed by atoms with van der Waals surface area (Å²) < 4.78 is 0. The Bertz CT molecular complexity index is 165. The minimum Gasteiger partial charge on any atom is -0.369 e. The van der Waals surface area contributed by atoms with Crippen molar-refractivity contribution in [3.63, 3.8) is 0 Å². The fourth-order valence-electron chi connectivity index (χ4n) is 1.65. The van der Waals surface area contributed by atoms with Crippen LogP contribution in [0.4, 0.5) is 0 Å². The standard InChI is InChI=1S/C8H15NO/c1-5(2)6-4-8(6,3)7(9)10/h5-6H,4H2,1-3H3,(H2,9,10)/t6-,8+/m0/s1. The minimum atomic E-state index is -0.172. The number of nitrogens with two attached hydrogens (primary N) is 1. The summed E-state index contributed by atoms with van der Waals surface area (Å²) in [5.74, 6) is 0.994. The first-order chi connectivity index (χ1) is 4.48. The van der Waals surface area contributed by atoms with Crippen molar-refractivity contribution in [1.29, 1.82) is 0 Å². The van der Waals surface area contributed by atoms with Crippen LogP contribution in [0.2, 0.25) is 0 Å². The molecule has 1 aliphatic carbocycles. The third-order valence-electron chi connectivity index (χ3n) is 2.67. The number of carbonyl (C=O) groups excluding carboxylic acids is 1. The number of carbonyl (C=O) groups is 1. The summed E-state index contributed by atoms with van der Waals surface area (Å²) in [4.78, 5) is 10.8. The van der Waals surface area contributed by atoms with Gasteiger partial charge in [-0.15, -0.1) is 0 Å². The molecule has 0 heterocycles. The molecular formula is C8H15NO. The lowest BCUT2D eigenvalue weighted by Gasteiger charge is -2.07. The lowest BCUT2D eigenvalue weighted by Crippen LogP contribution is -2.24. The van der Waals surface area contributed by atoms with E-state index in [2.05, 4.69) is 13.8 Å². The summed E-state index contributed by atoms with van der Waals surface area (Å²) in [5, 5.41) is 0. The molecule has 1 fully saturated rings. The van der Waals surface area contributed by atoms with Crippen LogP contribution in [0.15, 0.2) is 0 Å². The van der Waals surface area contributed by atoms with E-state index < -0.39 is 0 Å². The van der Waals surface area contributed by atoms with Crippen molar-refractivity contribution < 1.29 is 4.79 Å². The van der Waals surface area contributed by atoms with Gasteiger partial charge in [-0.25, -0.2) is 0 Å². The molecule has 58 valence electrons. The molecule has 10 heavy (non-hydrogen) atoms. The molecule has 2 nitrogen and oxygen atoms in total. The Balaban J connectivity index is 2.56. The van der Waals surface area contributed by atoms with Crippen LogP contribution in [0, 0.1) is 17.3 Å². The van der Waals surface area contributed by atoms with Crippen LogP contribution < -0.4 is 5.73 Å². The maximum Gasteiger partial charge on any atom is 0.223 e. The molecule has 0 aliphatic heterocycles. The zero-order valence-corrected chi connectivity index (χ0v) is 6.85. The van der Waals surface area contributed by atoms with Crippen molar-refractivity contribution in [2.24, 2.45) is 23.0 Å². The van der Waals surface area contributed by atoms with Gasteiger partial charge in [0.2, 0.25) is 5.91 Å². The smallest absolute Gasteiger partial charge is 0.223 e. The fourth-order valence-corrected chi connectivity index (χ4v) is 1.65. The highest BCUT2D eigenvalue weighted by molar-refractivity contribution is 5.83. The molecule has 0 saturated heterocycles. The molecule has 1 aliphatic rings. The number of hydrogen-bond donors (Lipinski definition) is 1. The summed E-state index contributed by atoms with van der Waals surface area (Å²) in [6, 6.07) is 0. The molecule has 1 amide bonds. The van der Waals surface area contributed by atoms with Crippen LogP contribution in [0.3, 0.4) is 0 Å². The van der Waals surface area contributed by atoms with Gasteiger partial charge in [0.25, 0.3) is 0 Å². The predicted octanol–water partition coefficient (Wildman–Crippen LogP) is 1.15. The monoisotopic (exact) mass is 141 g/mol. The molecule has 2 N–H and O–H groups in total.